The van der Waals surface area contributed by atoms with E-state index in [4.69, 9.17) is 9.84 Å². The Kier molecular flexibility index (Phi) is 5.04. The van der Waals surface area contributed by atoms with Crippen LogP contribution in [-0.4, -0.2) is 66.8 Å². The third-order valence-corrected chi connectivity index (χ3v) is 2.49. The van der Waals surface area contributed by atoms with Crippen LogP contribution in [0.15, 0.2) is 0 Å². The molecule has 0 radical (unpaired) electrons. The molecule has 0 aromatic carbocycles. The molecule has 0 bridgehead atoms. The summed E-state index contributed by atoms with van der Waals surface area (Å²) in [7, 11) is 1.69. The highest BCUT2D eigenvalue weighted by atomic mass is 16.5. The lowest BCUT2D eigenvalue weighted by molar-refractivity contribution is -0.137. The first-order chi connectivity index (χ1) is 7.61. The summed E-state index contributed by atoms with van der Waals surface area (Å²) in [6.07, 6.45) is 0.586. The number of carboxylic acid groups (broad SMARTS) is 1. The first-order valence-electron chi connectivity index (χ1n) is 5.41. The van der Waals surface area contributed by atoms with Crippen LogP contribution in [-0.2, 0) is 9.53 Å². The zero-order chi connectivity index (χ0) is 12.0. The van der Waals surface area contributed by atoms with Gasteiger partial charge in [-0.1, -0.05) is 0 Å². The van der Waals surface area contributed by atoms with E-state index < -0.39 is 5.97 Å². The predicted molar refractivity (Wildman–Crippen MR) is 57.3 cm³/mol. The molecule has 0 unspecified atom stereocenters. The number of morpholine rings is 1. The van der Waals surface area contributed by atoms with Crippen molar-refractivity contribution in [3.05, 3.63) is 0 Å². The maximum atomic E-state index is 11.8. The molecule has 1 heterocycles. The summed E-state index contributed by atoms with van der Waals surface area (Å²) < 4.78 is 5.15. The Morgan fingerprint density at radius 3 is 2.56 bits per heavy atom. The predicted octanol–water partition coefficient (Wildman–Crippen LogP) is 0.235. The van der Waals surface area contributed by atoms with Crippen LogP contribution in [0.3, 0.4) is 0 Å². The van der Waals surface area contributed by atoms with Crippen molar-refractivity contribution in [3.8, 4) is 0 Å². The van der Waals surface area contributed by atoms with Gasteiger partial charge in [0.05, 0.1) is 13.2 Å². The van der Waals surface area contributed by atoms with Crippen molar-refractivity contribution in [3.63, 3.8) is 0 Å². The van der Waals surface area contributed by atoms with Crippen molar-refractivity contribution >= 4 is 12.0 Å². The molecule has 16 heavy (non-hydrogen) atoms. The number of amides is 2. The molecule has 0 aliphatic carbocycles. The van der Waals surface area contributed by atoms with Gasteiger partial charge in [0.1, 0.15) is 0 Å². The number of hydrogen-bond donors (Lipinski definition) is 1. The molecule has 1 saturated heterocycles. The van der Waals surface area contributed by atoms with Crippen molar-refractivity contribution in [2.75, 3.05) is 39.9 Å². The molecule has 1 fully saturated rings. The van der Waals surface area contributed by atoms with Crippen molar-refractivity contribution in [2.45, 2.75) is 12.8 Å². The smallest absolute Gasteiger partial charge is 0.319 e. The number of nitrogens with zero attached hydrogens (tertiary/aromatic N) is 2. The zero-order valence-electron chi connectivity index (χ0n) is 9.52. The van der Waals surface area contributed by atoms with Crippen LogP contribution < -0.4 is 0 Å². The molecule has 1 N–H and O–H groups in total. The van der Waals surface area contributed by atoms with Gasteiger partial charge in [0.15, 0.2) is 0 Å². The third kappa shape index (κ3) is 4.06. The van der Waals surface area contributed by atoms with Crippen LogP contribution in [0, 0.1) is 0 Å². The lowest BCUT2D eigenvalue weighted by Crippen LogP contribution is -2.47. The molecular weight excluding hydrogens is 212 g/mol. The van der Waals surface area contributed by atoms with E-state index >= 15 is 0 Å². The minimum absolute atomic E-state index is 0.0475. The number of hydrogen-bond acceptors (Lipinski definition) is 3. The van der Waals surface area contributed by atoms with Crippen molar-refractivity contribution in [2.24, 2.45) is 0 Å². The molecule has 1 rings (SSSR count). The SMILES string of the molecule is CN(CCCC(=O)O)C(=O)N1CCOCC1. The Balaban J connectivity index is 2.26. The van der Waals surface area contributed by atoms with Gasteiger partial charge in [-0.15, -0.1) is 0 Å². The normalized spacial score (nSPS) is 15.9. The summed E-state index contributed by atoms with van der Waals surface area (Å²) in [4.78, 5) is 25.4. The second-order valence-corrected chi connectivity index (χ2v) is 3.80. The summed E-state index contributed by atoms with van der Waals surface area (Å²) >= 11 is 0. The number of aliphatic carboxylic acids is 1. The average Bonchev–Trinajstić information content (AvgIpc) is 2.28. The summed E-state index contributed by atoms with van der Waals surface area (Å²) in [6.45, 7) is 2.86. The summed E-state index contributed by atoms with van der Waals surface area (Å²) in [6, 6.07) is -0.0475. The second-order valence-electron chi connectivity index (χ2n) is 3.80. The molecule has 0 spiro atoms. The molecule has 6 nitrogen and oxygen atoms in total. The van der Waals surface area contributed by atoms with Gasteiger partial charge in [0, 0.05) is 33.1 Å². The first kappa shape index (κ1) is 12.8. The second kappa shape index (κ2) is 6.32. The Hall–Kier alpha value is -1.30. The van der Waals surface area contributed by atoms with E-state index in [2.05, 4.69) is 0 Å². The monoisotopic (exact) mass is 230 g/mol. The Morgan fingerprint density at radius 2 is 2.00 bits per heavy atom. The Morgan fingerprint density at radius 1 is 1.38 bits per heavy atom. The third-order valence-electron chi connectivity index (χ3n) is 2.49. The number of carbonyl (C=O) groups is 2. The van der Waals surface area contributed by atoms with E-state index in [1.165, 1.54) is 0 Å². The summed E-state index contributed by atoms with van der Waals surface area (Å²) in [5.74, 6) is -0.827. The van der Waals surface area contributed by atoms with Gasteiger partial charge in [0.2, 0.25) is 0 Å². The fourth-order valence-corrected chi connectivity index (χ4v) is 1.56. The first-order valence-corrected chi connectivity index (χ1v) is 5.41. The molecule has 6 heteroatoms. The van der Waals surface area contributed by atoms with E-state index in [1.807, 2.05) is 0 Å². The fraction of sp³-hybridized carbons (Fsp3) is 0.800. The topological polar surface area (TPSA) is 70.1 Å². The molecule has 1 aliphatic heterocycles. The number of ether oxygens (including phenoxy) is 1. The van der Waals surface area contributed by atoms with Crippen molar-refractivity contribution < 1.29 is 19.4 Å². The van der Waals surface area contributed by atoms with E-state index in [0.717, 1.165) is 0 Å². The largest absolute Gasteiger partial charge is 0.481 e. The highest BCUT2D eigenvalue weighted by molar-refractivity contribution is 5.74. The standard InChI is InChI=1S/C10H18N2O4/c1-11(4-2-3-9(13)14)10(15)12-5-7-16-8-6-12/h2-8H2,1H3,(H,13,14). The van der Waals surface area contributed by atoms with Gasteiger partial charge in [-0.3, -0.25) is 4.79 Å². The van der Waals surface area contributed by atoms with Crippen LogP contribution in [0.25, 0.3) is 0 Å². The fourth-order valence-electron chi connectivity index (χ4n) is 1.56. The molecule has 0 aromatic rings. The number of carboxylic acids is 1. The van der Waals surface area contributed by atoms with E-state index in [9.17, 15) is 9.59 Å². The van der Waals surface area contributed by atoms with Gasteiger partial charge in [-0.05, 0) is 6.42 Å². The zero-order valence-corrected chi connectivity index (χ0v) is 9.52. The van der Waals surface area contributed by atoms with Gasteiger partial charge in [-0.2, -0.15) is 0 Å². The average molecular weight is 230 g/mol. The molecule has 0 saturated carbocycles. The van der Waals surface area contributed by atoms with Gasteiger partial charge in [0.25, 0.3) is 0 Å². The van der Waals surface area contributed by atoms with E-state index in [1.54, 1.807) is 16.8 Å². The van der Waals surface area contributed by atoms with E-state index in [-0.39, 0.29) is 12.5 Å². The highest BCUT2D eigenvalue weighted by Crippen LogP contribution is 2.03. The van der Waals surface area contributed by atoms with Crippen LogP contribution in [0.5, 0.6) is 0 Å². The number of rotatable bonds is 4. The Bertz CT molecular complexity index is 251. The highest BCUT2D eigenvalue weighted by Gasteiger charge is 2.19. The quantitative estimate of drug-likeness (QED) is 0.750. The van der Waals surface area contributed by atoms with Gasteiger partial charge >= 0.3 is 12.0 Å². The van der Waals surface area contributed by atoms with Crippen LogP contribution in [0.4, 0.5) is 4.79 Å². The summed E-state index contributed by atoms with van der Waals surface area (Å²) in [5.41, 5.74) is 0. The Labute approximate surface area is 94.8 Å². The molecular formula is C10H18N2O4. The van der Waals surface area contributed by atoms with Crippen LogP contribution in [0.1, 0.15) is 12.8 Å². The maximum absolute atomic E-state index is 11.8. The molecule has 1 aliphatic rings. The number of carbonyl (C=O) groups excluding carboxylic acids is 1. The van der Waals surface area contributed by atoms with Crippen molar-refractivity contribution in [1.29, 1.82) is 0 Å². The van der Waals surface area contributed by atoms with Crippen LogP contribution >= 0.6 is 0 Å². The molecule has 0 atom stereocenters. The lowest BCUT2D eigenvalue weighted by Gasteiger charge is -2.30. The van der Waals surface area contributed by atoms with E-state index in [0.29, 0.717) is 39.3 Å². The van der Waals surface area contributed by atoms with Gasteiger partial charge < -0.3 is 19.6 Å². The maximum Gasteiger partial charge on any atom is 0.319 e. The summed E-state index contributed by atoms with van der Waals surface area (Å²) in [5, 5.41) is 8.48. The number of urea groups is 1. The minimum Gasteiger partial charge on any atom is -0.481 e. The molecule has 0 aromatic heterocycles. The molecule has 92 valence electrons. The minimum atomic E-state index is -0.827. The van der Waals surface area contributed by atoms with Gasteiger partial charge in [-0.25, -0.2) is 4.79 Å². The lowest BCUT2D eigenvalue weighted by atomic mass is 10.3. The van der Waals surface area contributed by atoms with Crippen LogP contribution in [0.2, 0.25) is 0 Å². The molecule has 2 amide bonds. The van der Waals surface area contributed by atoms with Crippen molar-refractivity contribution in [1.82, 2.24) is 9.80 Å².